The average molecular weight is 437 g/mol. The van der Waals surface area contributed by atoms with Gasteiger partial charge in [-0.2, -0.15) is 0 Å². The summed E-state index contributed by atoms with van der Waals surface area (Å²) in [4.78, 5) is 41.5. The Morgan fingerprint density at radius 2 is 1.84 bits per heavy atom. The molecule has 2 saturated heterocycles. The summed E-state index contributed by atoms with van der Waals surface area (Å²) in [7, 11) is 0. The number of likely N-dealkylation sites (tertiary alicyclic amines) is 1. The normalized spacial score (nSPS) is 28.4. The number of hydrogen-bond donors (Lipinski definition) is 3. The first-order valence-corrected chi connectivity index (χ1v) is 10.9. The smallest absolute Gasteiger partial charge is 0.250 e. The van der Waals surface area contributed by atoms with Crippen molar-refractivity contribution in [3.05, 3.63) is 59.4 Å². The highest BCUT2D eigenvalue weighted by atomic mass is 19.1. The van der Waals surface area contributed by atoms with Crippen LogP contribution < -0.4 is 10.6 Å². The van der Waals surface area contributed by atoms with Gasteiger partial charge >= 0.3 is 0 Å². The predicted octanol–water partition coefficient (Wildman–Crippen LogP) is 2.29. The molecule has 0 radical (unpaired) electrons. The lowest BCUT2D eigenvalue weighted by Crippen LogP contribution is -2.53. The van der Waals surface area contributed by atoms with E-state index >= 15 is 0 Å². The summed E-state index contributed by atoms with van der Waals surface area (Å²) in [5, 5.41) is 15.7. The third-order valence-electron chi connectivity index (χ3n) is 6.90. The lowest BCUT2D eigenvalue weighted by atomic mass is 9.76. The molecule has 0 bridgehead atoms. The van der Waals surface area contributed by atoms with Crippen molar-refractivity contribution in [3.8, 4) is 5.75 Å². The zero-order chi connectivity index (χ0) is 22.6. The molecule has 5 rings (SSSR count). The Hall–Kier alpha value is -3.26. The number of imide groups is 1. The first-order chi connectivity index (χ1) is 15.4. The molecule has 0 aromatic heterocycles. The zero-order valence-electron chi connectivity index (χ0n) is 17.6. The number of aromatic hydroxyl groups is 1. The van der Waals surface area contributed by atoms with Crippen LogP contribution in [0.5, 0.6) is 5.75 Å². The minimum atomic E-state index is -1.50. The first-order valence-electron chi connectivity index (χ1n) is 10.9. The maximum atomic E-state index is 14.2. The van der Waals surface area contributed by atoms with Crippen LogP contribution >= 0.6 is 0 Å². The Morgan fingerprint density at radius 3 is 2.56 bits per heavy atom. The second-order valence-corrected chi connectivity index (χ2v) is 8.76. The average Bonchev–Trinajstić information content (AvgIpc) is 3.34. The molecule has 166 valence electrons. The van der Waals surface area contributed by atoms with Crippen LogP contribution in [0.15, 0.2) is 42.5 Å². The second-order valence-electron chi connectivity index (χ2n) is 8.76. The molecule has 8 heteroatoms. The van der Waals surface area contributed by atoms with Crippen molar-refractivity contribution in [2.75, 3.05) is 11.9 Å². The number of nitrogens with one attached hydrogen (secondary N) is 2. The van der Waals surface area contributed by atoms with Crippen molar-refractivity contribution in [1.82, 2.24) is 10.2 Å². The molecule has 3 amide bonds. The van der Waals surface area contributed by atoms with Gasteiger partial charge in [0.15, 0.2) is 0 Å². The summed E-state index contributed by atoms with van der Waals surface area (Å²) in [5.41, 5.74) is 0.155. The van der Waals surface area contributed by atoms with Gasteiger partial charge in [-0.25, -0.2) is 4.39 Å². The molecule has 3 heterocycles. The van der Waals surface area contributed by atoms with E-state index in [9.17, 15) is 23.9 Å². The van der Waals surface area contributed by atoms with E-state index in [1.54, 1.807) is 24.3 Å². The van der Waals surface area contributed by atoms with Crippen LogP contribution in [0.25, 0.3) is 0 Å². The first kappa shape index (κ1) is 20.6. The number of hydrogen-bond acceptors (Lipinski definition) is 5. The van der Waals surface area contributed by atoms with E-state index in [0.717, 1.165) is 12.0 Å². The van der Waals surface area contributed by atoms with E-state index in [4.69, 9.17) is 0 Å². The molecular formula is C24H24FN3O4. The van der Waals surface area contributed by atoms with Crippen LogP contribution in [0.4, 0.5) is 10.1 Å². The van der Waals surface area contributed by atoms with Crippen LogP contribution in [0.3, 0.4) is 0 Å². The molecule has 1 spiro atoms. The number of carbonyl (C=O) groups excluding carboxylic acids is 3. The van der Waals surface area contributed by atoms with Gasteiger partial charge in [0.05, 0.1) is 11.8 Å². The van der Waals surface area contributed by atoms with E-state index in [2.05, 4.69) is 10.6 Å². The quantitative estimate of drug-likeness (QED) is 0.624. The van der Waals surface area contributed by atoms with Crippen LogP contribution in [0, 0.1) is 17.7 Å². The Kier molecular flexibility index (Phi) is 4.78. The van der Waals surface area contributed by atoms with Gasteiger partial charge in [0.25, 0.3) is 0 Å². The number of benzene rings is 2. The molecule has 2 aromatic rings. The molecule has 32 heavy (non-hydrogen) atoms. The monoisotopic (exact) mass is 437 g/mol. The number of unbranched alkanes of at least 4 members (excludes halogenated alkanes) is 1. The van der Waals surface area contributed by atoms with Gasteiger partial charge in [0.2, 0.25) is 17.7 Å². The maximum Gasteiger partial charge on any atom is 0.250 e. The fourth-order valence-corrected chi connectivity index (χ4v) is 5.43. The molecule has 2 aromatic carbocycles. The Morgan fingerprint density at radius 1 is 1.09 bits per heavy atom. The molecule has 0 saturated carbocycles. The van der Waals surface area contributed by atoms with E-state index in [1.807, 2.05) is 6.92 Å². The number of halogens is 1. The lowest BCUT2D eigenvalue weighted by molar-refractivity contribution is -0.142. The summed E-state index contributed by atoms with van der Waals surface area (Å²) >= 11 is 0. The summed E-state index contributed by atoms with van der Waals surface area (Å²) in [6.45, 7) is 2.28. The molecule has 7 nitrogen and oxygen atoms in total. The zero-order valence-corrected chi connectivity index (χ0v) is 17.6. The number of carbonyl (C=O) groups is 3. The fraction of sp³-hybridized carbons (Fsp3) is 0.375. The Bertz CT molecular complexity index is 1120. The van der Waals surface area contributed by atoms with E-state index in [-0.39, 0.29) is 17.6 Å². The van der Waals surface area contributed by atoms with Crippen LogP contribution in [0.2, 0.25) is 0 Å². The largest absolute Gasteiger partial charge is 0.508 e. The highest BCUT2D eigenvalue weighted by Crippen LogP contribution is 2.53. The molecule has 3 aliphatic heterocycles. The third kappa shape index (κ3) is 2.86. The summed E-state index contributed by atoms with van der Waals surface area (Å²) in [5.74, 6) is -3.20. The van der Waals surface area contributed by atoms with Crippen LogP contribution in [-0.2, 0) is 26.3 Å². The SMILES string of the molecule is CCCCN1C(=O)[C@@H]2[C@H](Cc3ccc(O)cc3)N[C@@]3(C(=O)Nc4ccc(F)cc43)[C@@H]2C1=O. The van der Waals surface area contributed by atoms with Gasteiger partial charge in [-0.15, -0.1) is 0 Å². The van der Waals surface area contributed by atoms with Gasteiger partial charge in [0, 0.05) is 23.8 Å². The number of fused-ring (bicyclic) bond motifs is 4. The van der Waals surface area contributed by atoms with E-state index in [0.29, 0.717) is 30.6 Å². The van der Waals surface area contributed by atoms with Gasteiger partial charge in [-0.05, 0) is 48.7 Å². The molecule has 3 aliphatic rings. The van der Waals surface area contributed by atoms with Gasteiger partial charge in [0.1, 0.15) is 17.1 Å². The van der Waals surface area contributed by atoms with Gasteiger partial charge in [-0.3, -0.25) is 24.6 Å². The fourth-order valence-electron chi connectivity index (χ4n) is 5.43. The molecule has 3 N–H and O–H groups in total. The summed E-state index contributed by atoms with van der Waals surface area (Å²) < 4.78 is 14.2. The van der Waals surface area contributed by atoms with Crippen molar-refractivity contribution in [2.24, 2.45) is 11.8 Å². The number of phenols is 1. The molecule has 4 atom stereocenters. The maximum absolute atomic E-state index is 14.2. The van der Waals surface area contributed by atoms with E-state index in [1.165, 1.54) is 23.1 Å². The summed E-state index contributed by atoms with van der Waals surface area (Å²) in [6, 6.07) is 10.1. The molecule has 0 unspecified atom stereocenters. The number of nitrogens with zero attached hydrogens (tertiary/aromatic N) is 1. The highest BCUT2D eigenvalue weighted by molar-refractivity contribution is 6.15. The van der Waals surface area contributed by atoms with Crippen molar-refractivity contribution >= 4 is 23.4 Å². The van der Waals surface area contributed by atoms with E-state index < -0.39 is 35.1 Å². The predicted molar refractivity (Wildman–Crippen MR) is 114 cm³/mol. The van der Waals surface area contributed by atoms with Gasteiger partial charge < -0.3 is 10.4 Å². The summed E-state index contributed by atoms with van der Waals surface area (Å²) in [6.07, 6.45) is 1.88. The van der Waals surface area contributed by atoms with Crippen LogP contribution in [-0.4, -0.2) is 40.3 Å². The molecular weight excluding hydrogens is 413 g/mol. The standard InChI is InChI=1S/C24H24FN3O4/c1-2-3-10-28-21(30)19-18(11-13-4-7-15(29)8-5-13)27-24(20(19)22(28)31)16-12-14(25)6-9-17(16)26-23(24)32/h4-9,12,18-20,27,29H,2-3,10-11H2,1H3,(H,26,32)/t18-,19+,20-,24+/m0/s1. The van der Waals surface area contributed by atoms with Gasteiger partial charge in [-0.1, -0.05) is 25.5 Å². The van der Waals surface area contributed by atoms with Crippen LogP contribution in [0.1, 0.15) is 30.9 Å². The Labute approximate surface area is 184 Å². The van der Waals surface area contributed by atoms with Crippen molar-refractivity contribution in [2.45, 2.75) is 37.8 Å². The Balaban J connectivity index is 1.61. The molecule has 2 fully saturated rings. The third-order valence-corrected chi connectivity index (χ3v) is 6.90. The minimum Gasteiger partial charge on any atom is -0.508 e. The lowest BCUT2D eigenvalue weighted by Gasteiger charge is -2.29. The highest BCUT2D eigenvalue weighted by Gasteiger charge is 2.70. The molecule has 0 aliphatic carbocycles. The number of amides is 3. The number of rotatable bonds is 5. The second kappa shape index (κ2) is 7.41. The van der Waals surface area contributed by atoms with Crippen molar-refractivity contribution in [1.29, 1.82) is 0 Å². The number of phenolic OH excluding ortho intramolecular Hbond substituents is 1. The number of anilines is 1. The topological polar surface area (TPSA) is 98.7 Å². The van der Waals surface area contributed by atoms with Crippen molar-refractivity contribution < 1.29 is 23.9 Å². The minimum absolute atomic E-state index is 0.125. The van der Waals surface area contributed by atoms with Crippen molar-refractivity contribution in [3.63, 3.8) is 0 Å².